The summed E-state index contributed by atoms with van der Waals surface area (Å²) in [5, 5.41) is -2.92. The number of benzene rings is 1. The van der Waals surface area contributed by atoms with Crippen LogP contribution in [0.1, 0.15) is 31.1 Å². The summed E-state index contributed by atoms with van der Waals surface area (Å²) in [7, 11) is -4.43. The number of halogens is 3. The van der Waals surface area contributed by atoms with E-state index in [9.17, 15) is 31.3 Å². The molecule has 1 aromatic rings. The van der Waals surface area contributed by atoms with Crippen LogP contribution in [0.2, 0.25) is 0 Å². The van der Waals surface area contributed by atoms with Crippen LogP contribution < -0.4 is 10.2 Å². The fourth-order valence-corrected chi connectivity index (χ4v) is 2.85. The van der Waals surface area contributed by atoms with Crippen LogP contribution in [0.25, 0.3) is 0 Å². The zero-order valence-corrected chi connectivity index (χ0v) is 17.9. The molecule has 1 aromatic carbocycles. The number of nitrogens with zero attached hydrogens (tertiary/aromatic N) is 1. The van der Waals surface area contributed by atoms with Gasteiger partial charge in [0, 0.05) is 16.2 Å². The van der Waals surface area contributed by atoms with Gasteiger partial charge in [-0.1, -0.05) is 0 Å². The Hall–Kier alpha value is -1.54. The van der Waals surface area contributed by atoms with Crippen molar-refractivity contribution >= 4 is 50.4 Å². The maximum absolute atomic E-state index is 13.1. The van der Waals surface area contributed by atoms with Gasteiger partial charge in [-0.2, -0.15) is 8.78 Å². The zero-order chi connectivity index (χ0) is 21.2. The first-order valence-corrected chi connectivity index (χ1v) is 9.91. The molecule has 0 atom stereocenters. The van der Waals surface area contributed by atoms with E-state index in [2.05, 4.69) is 0 Å². The fourth-order valence-electron chi connectivity index (χ4n) is 1.72. The van der Waals surface area contributed by atoms with Crippen LogP contribution in [-0.4, -0.2) is 49.4 Å². The van der Waals surface area contributed by atoms with Crippen molar-refractivity contribution in [2.45, 2.75) is 31.6 Å². The Morgan fingerprint density at radius 1 is 1.30 bits per heavy atom. The van der Waals surface area contributed by atoms with E-state index in [-0.39, 0.29) is 5.56 Å². The molecule has 0 unspecified atom stereocenters. The molecule has 0 aromatic heterocycles. The van der Waals surface area contributed by atoms with Crippen molar-refractivity contribution in [2.75, 3.05) is 18.5 Å². The Balaban J connectivity index is 2.92. The standard InChI is InChI=1S/C15H19F2IN2O6S/c1-14(2,3)26-13(22)20(4)11-6-5-9(7-10(11)18)12(21)19-8-15(16,17)27(23,24)25/h5-7H,8H2,1-4H3,(H,19,21)(H,23,24,25)/p-1. The van der Waals surface area contributed by atoms with Crippen LogP contribution in [0.5, 0.6) is 0 Å². The number of ether oxygens (including phenoxy) is 1. The number of rotatable bonds is 5. The third-order valence-corrected chi connectivity index (χ3v) is 4.80. The molecule has 2 amide bonds. The minimum Gasteiger partial charge on any atom is -0.743 e. The van der Waals surface area contributed by atoms with Gasteiger partial charge in [0.05, 0.1) is 12.2 Å². The lowest BCUT2D eigenvalue weighted by Crippen LogP contribution is -2.42. The van der Waals surface area contributed by atoms with Crippen molar-refractivity contribution in [3.63, 3.8) is 0 Å². The predicted octanol–water partition coefficient (Wildman–Crippen LogP) is 2.53. The van der Waals surface area contributed by atoms with Crippen molar-refractivity contribution in [3.05, 3.63) is 27.3 Å². The molecule has 0 saturated carbocycles. The molecular formula is C15H18F2IN2O6S-. The van der Waals surface area contributed by atoms with Gasteiger partial charge in [-0.05, 0) is 61.6 Å². The predicted molar refractivity (Wildman–Crippen MR) is 101 cm³/mol. The van der Waals surface area contributed by atoms with Crippen molar-refractivity contribution in [3.8, 4) is 0 Å². The summed E-state index contributed by atoms with van der Waals surface area (Å²) >= 11 is 1.84. The molecule has 0 heterocycles. The van der Waals surface area contributed by atoms with Gasteiger partial charge in [0.15, 0.2) is 10.1 Å². The second-order valence-electron chi connectivity index (χ2n) is 6.48. The summed E-state index contributed by atoms with van der Waals surface area (Å²) in [6, 6.07) is 3.98. The fraction of sp³-hybridized carbons (Fsp3) is 0.467. The molecule has 0 radical (unpaired) electrons. The number of alkyl halides is 2. The molecule has 8 nitrogen and oxygen atoms in total. The third kappa shape index (κ3) is 6.53. The molecule has 1 rings (SSSR count). The number of nitrogens with one attached hydrogen (secondary N) is 1. The molecule has 0 fully saturated rings. The normalized spacial score (nSPS) is 12.4. The summed E-state index contributed by atoms with van der Waals surface area (Å²) in [5.74, 6) is -0.997. The second-order valence-corrected chi connectivity index (χ2v) is 9.15. The quantitative estimate of drug-likeness (QED) is 0.473. The van der Waals surface area contributed by atoms with Gasteiger partial charge in [0.25, 0.3) is 5.91 Å². The van der Waals surface area contributed by atoms with Gasteiger partial charge < -0.3 is 14.6 Å². The molecule has 0 aliphatic heterocycles. The van der Waals surface area contributed by atoms with E-state index >= 15 is 0 Å². The van der Waals surface area contributed by atoms with E-state index < -0.39 is 39.5 Å². The molecule has 0 aliphatic carbocycles. The Bertz CT molecular complexity index is 839. The third-order valence-electron chi connectivity index (χ3n) is 3.06. The van der Waals surface area contributed by atoms with Gasteiger partial charge in [-0.3, -0.25) is 9.69 Å². The number of hydrogen-bond donors (Lipinski definition) is 1. The SMILES string of the molecule is CN(C(=O)OC(C)(C)C)c1ccc(C(=O)NCC(F)(F)S(=O)(=O)[O-])cc1I. The Kier molecular flexibility index (Phi) is 7.16. The van der Waals surface area contributed by atoms with E-state index in [1.165, 1.54) is 30.1 Å². The van der Waals surface area contributed by atoms with Gasteiger partial charge in [-0.15, -0.1) is 0 Å². The molecule has 0 spiro atoms. The smallest absolute Gasteiger partial charge is 0.414 e. The Morgan fingerprint density at radius 3 is 2.30 bits per heavy atom. The van der Waals surface area contributed by atoms with Gasteiger partial charge in [0.1, 0.15) is 5.60 Å². The van der Waals surface area contributed by atoms with Crippen molar-refractivity contribution < 1.29 is 36.1 Å². The van der Waals surface area contributed by atoms with Gasteiger partial charge >= 0.3 is 11.3 Å². The maximum Gasteiger partial charge on any atom is 0.414 e. The molecule has 0 saturated heterocycles. The highest BCUT2D eigenvalue weighted by Crippen LogP contribution is 2.25. The van der Waals surface area contributed by atoms with E-state index in [0.29, 0.717) is 9.26 Å². The average molecular weight is 519 g/mol. The minimum absolute atomic E-state index is 0.0557. The lowest BCUT2D eigenvalue weighted by Gasteiger charge is -2.25. The topological polar surface area (TPSA) is 116 Å². The number of carbonyl (C=O) groups is 2. The number of carbonyl (C=O) groups excluding carboxylic acids is 2. The highest BCUT2D eigenvalue weighted by Gasteiger charge is 2.37. The van der Waals surface area contributed by atoms with E-state index in [1.807, 2.05) is 22.6 Å². The minimum atomic E-state index is -5.89. The van der Waals surface area contributed by atoms with Crippen molar-refractivity contribution in [2.24, 2.45) is 0 Å². The van der Waals surface area contributed by atoms with Crippen molar-refractivity contribution in [1.82, 2.24) is 5.32 Å². The molecular weight excluding hydrogens is 501 g/mol. The summed E-state index contributed by atoms with van der Waals surface area (Å²) < 4.78 is 63.2. The molecule has 0 aliphatic rings. The van der Waals surface area contributed by atoms with Crippen LogP contribution in [0.15, 0.2) is 18.2 Å². The molecule has 27 heavy (non-hydrogen) atoms. The molecule has 12 heteroatoms. The Labute approximate surface area is 169 Å². The van der Waals surface area contributed by atoms with Gasteiger partial charge in [0.2, 0.25) is 0 Å². The Morgan fingerprint density at radius 2 is 1.85 bits per heavy atom. The van der Waals surface area contributed by atoms with Crippen LogP contribution in [0.3, 0.4) is 0 Å². The lowest BCUT2D eigenvalue weighted by atomic mass is 10.2. The lowest BCUT2D eigenvalue weighted by molar-refractivity contribution is 0.0589. The number of amides is 2. The van der Waals surface area contributed by atoms with Gasteiger partial charge in [-0.25, -0.2) is 13.2 Å². The monoisotopic (exact) mass is 519 g/mol. The largest absolute Gasteiger partial charge is 0.743 e. The highest BCUT2D eigenvalue weighted by atomic mass is 127. The zero-order valence-electron chi connectivity index (χ0n) is 14.9. The molecule has 0 bridgehead atoms. The molecule has 152 valence electrons. The number of anilines is 1. The second kappa shape index (κ2) is 8.22. The molecule has 1 N–H and O–H groups in total. The van der Waals surface area contributed by atoms with Crippen LogP contribution in [-0.2, 0) is 14.9 Å². The van der Waals surface area contributed by atoms with Crippen LogP contribution in [0, 0.1) is 3.57 Å². The van der Waals surface area contributed by atoms with E-state index in [0.717, 1.165) is 0 Å². The maximum atomic E-state index is 13.1. The first-order chi connectivity index (χ1) is 12.0. The number of hydrogen-bond acceptors (Lipinski definition) is 6. The summed E-state index contributed by atoms with van der Waals surface area (Å²) in [4.78, 5) is 25.2. The summed E-state index contributed by atoms with van der Waals surface area (Å²) in [6.07, 6.45) is -0.627. The van der Waals surface area contributed by atoms with Crippen LogP contribution >= 0.6 is 22.6 Å². The van der Waals surface area contributed by atoms with Crippen LogP contribution in [0.4, 0.5) is 19.3 Å². The van der Waals surface area contributed by atoms with E-state index in [1.54, 1.807) is 26.1 Å². The summed E-state index contributed by atoms with van der Waals surface area (Å²) in [5.41, 5.74) is -0.349. The van der Waals surface area contributed by atoms with E-state index in [4.69, 9.17) is 4.74 Å². The highest BCUT2D eigenvalue weighted by molar-refractivity contribution is 14.1. The average Bonchev–Trinajstić information content (AvgIpc) is 2.49. The first kappa shape index (κ1) is 23.5. The van der Waals surface area contributed by atoms with Crippen molar-refractivity contribution in [1.29, 1.82) is 0 Å². The first-order valence-electron chi connectivity index (χ1n) is 7.43. The summed E-state index contributed by atoms with van der Waals surface area (Å²) in [6.45, 7) is 3.47.